The molecule has 5 nitrogen and oxygen atoms in total. The number of aliphatic hydroxyl groups excluding tert-OH is 2. The second-order valence-electron chi connectivity index (χ2n) is 5.97. The van der Waals surface area contributed by atoms with Gasteiger partial charge in [0.2, 0.25) is 5.91 Å². The zero-order valence-corrected chi connectivity index (χ0v) is 11.5. The van der Waals surface area contributed by atoms with E-state index in [2.05, 4.69) is 26.1 Å². The Balaban J connectivity index is 2.73. The van der Waals surface area contributed by atoms with Crippen LogP contribution in [0.2, 0.25) is 0 Å². The molecular weight excluding hydrogens is 232 g/mol. The maximum absolute atomic E-state index is 12.2. The van der Waals surface area contributed by atoms with E-state index in [0.717, 1.165) is 12.8 Å². The Kier molecular flexibility index (Phi) is 5.13. The summed E-state index contributed by atoms with van der Waals surface area (Å²) in [6.45, 7) is 5.72. The Labute approximate surface area is 109 Å². The van der Waals surface area contributed by atoms with Gasteiger partial charge in [0, 0.05) is 12.0 Å². The molecule has 0 radical (unpaired) electrons. The molecule has 1 aliphatic carbocycles. The van der Waals surface area contributed by atoms with Crippen molar-refractivity contribution in [2.45, 2.75) is 45.7 Å². The number of amides is 1. The van der Waals surface area contributed by atoms with Gasteiger partial charge in [-0.2, -0.15) is 0 Å². The number of carbonyl (C=O) groups is 1. The van der Waals surface area contributed by atoms with Crippen LogP contribution >= 0.6 is 0 Å². The molecule has 0 heterocycles. The summed E-state index contributed by atoms with van der Waals surface area (Å²) < 4.78 is 0. The second-order valence-corrected chi connectivity index (χ2v) is 5.97. The van der Waals surface area contributed by atoms with Gasteiger partial charge in [-0.15, -0.1) is 0 Å². The first-order chi connectivity index (χ1) is 8.34. The van der Waals surface area contributed by atoms with Gasteiger partial charge in [0.05, 0.1) is 19.3 Å². The minimum Gasteiger partial charge on any atom is -0.394 e. The van der Waals surface area contributed by atoms with E-state index in [1.807, 2.05) is 0 Å². The molecule has 5 heteroatoms. The molecule has 1 aliphatic rings. The van der Waals surface area contributed by atoms with Crippen LogP contribution in [0.15, 0.2) is 0 Å². The highest BCUT2D eigenvalue weighted by Crippen LogP contribution is 2.44. The largest absolute Gasteiger partial charge is 0.394 e. The Morgan fingerprint density at radius 2 is 1.94 bits per heavy atom. The van der Waals surface area contributed by atoms with Crippen molar-refractivity contribution in [1.29, 1.82) is 0 Å². The van der Waals surface area contributed by atoms with Gasteiger partial charge in [0.1, 0.15) is 0 Å². The van der Waals surface area contributed by atoms with E-state index in [9.17, 15) is 4.79 Å². The lowest BCUT2D eigenvalue weighted by Gasteiger charge is -2.46. The van der Waals surface area contributed by atoms with Crippen LogP contribution in [0.25, 0.3) is 0 Å². The van der Waals surface area contributed by atoms with E-state index in [1.165, 1.54) is 0 Å². The van der Waals surface area contributed by atoms with Crippen LogP contribution in [0.5, 0.6) is 0 Å². The summed E-state index contributed by atoms with van der Waals surface area (Å²) in [7, 11) is 0. The summed E-state index contributed by atoms with van der Waals surface area (Å²) in [5.74, 6) is 0.0588. The Bertz CT molecular complexity index is 290. The maximum Gasteiger partial charge on any atom is 0.224 e. The highest BCUT2D eigenvalue weighted by Gasteiger charge is 2.45. The Hall–Kier alpha value is -0.650. The number of hydrogen-bond acceptors (Lipinski definition) is 4. The summed E-state index contributed by atoms with van der Waals surface area (Å²) >= 11 is 0. The molecule has 1 fully saturated rings. The standard InChI is InChI=1S/C13H26N2O3/c1-8-11(14)5-4-10(13(8,2)3)12(18)15-9(6-16)7-17/h8-11,16-17H,4-7,14H2,1-3H3,(H,15,18). The predicted octanol–water partition coefficient (Wildman–Crippen LogP) is -0.145. The van der Waals surface area contributed by atoms with E-state index >= 15 is 0 Å². The Morgan fingerprint density at radius 1 is 1.39 bits per heavy atom. The van der Waals surface area contributed by atoms with Crippen molar-refractivity contribution in [1.82, 2.24) is 5.32 Å². The van der Waals surface area contributed by atoms with Crippen molar-refractivity contribution < 1.29 is 15.0 Å². The van der Waals surface area contributed by atoms with Crippen molar-refractivity contribution in [3.63, 3.8) is 0 Å². The summed E-state index contributed by atoms with van der Waals surface area (Å²) in [5.41, 5.74) is 5.89. The van der Waals surface area contributed by atoms with Gasteiger partial charge in [-0.1, -0.05) is 20.8 Å². The second kappa shape index (κ2) is 5.99. The molecule has 0 bridgehead atoms. The molecule has 0 aliphatic heterocycles. The van der Waals surface area contributed by atoms with Gasteiger partial charge in [0.15, 0.2) is 0 Å². The highest BCUT2D eigenvalue weighted by atomic mass is 16.3. The van der Waals surface area contributed by atoms with Crippen LogP contribution in [0.4, 0.5) is 0 Å². The number of carbonyl (C=O) groups excluding carboxylic acids is 1. The SMILES string of the molecule is CC1C(N)CCC(C(=O)NC(CO)CO)C1(C)C. The van der Waals surface area contributed by atoms with Gasteiger partial charge < -0.3 is 21.3 Å². The van der Waals surface area contributed by atoms with Crippen LogP contribution in [0, 0.1) is 17.3 Å². The molecule has 1 rings (SSSR count). The van der Waals surface area contributed by atoms with Crippen LogP contribution in [-0.2, 0) is 4.79 Å². The summed E-state index contributed by atoms with van der Waals surface area (Å²) in [4.78, 5) is 12.2. The average molecular weight is 258 g/mol. The molecule has 18 heavy (non-hydrogen) atoms. The van der Waals surface area contributed by atoms with Crippen LogP contribution in [0.3, 0.4) is 0 Å². The molecular formula is C13H26N2O3. The molecule has 3 atom stereocenters. The van der Waals surface area contributed by atoms with Crippen molar-refractivity contribution in [2.24, 2.45) is 23.0 Å². The zero-order valence-electron chi connectivity index (χ0n) is 11.5. The number of rotatable bonds is 4. The monoisotopic (exact) mass is 258 g/mol. The molecule has 1 amide bonds. The van der Waals surface area contributed by atoms with E-state index in [4.69, 9.17) is 15.9 Å². The van der Waals surface area contributed by atoms with Gasteiger partial charge in [-0.25, -0.2) is 0 Å². The van der Waals surface area contributed by atoms with E-state index in [1.54, 1.807) is 0 Å². The van der Waals surface area contributed by atoms with Crippen molar-refractivity contribution >= 4 is 5.91 Å². The first kappa shape index (κ1) is 15.4. The fraction of sp³-hybridized carbons (Fsp3) is 0.923. The van der Waals surface area contributed by atoms with Gasteiger partial charge in [0.25, 0.3) is 0 Å². The van der Waals surface area contributed by atoms with Crippen molar-refractivity contribution in [3.05, 3.63) is 0 Å². The van der Waals surface area contributed by atoms with Crippen LogP contribution < -0.4 is 11.1 Å². The van der Waals surface area contributed by atoms with Gasteiger partial charge in [-0.05, 0) is 24.2 Å². The van der Waals surface area contributed by atoms with E-state index in [-0.39, 0.29) is 42.4 Å². The third kappa shape index (κ3) is 3.02. The lowest BCUT2D eigenvalue weighted by Crippen LogP contribution is -2.53. The quantitative estimate of drug-likeness (QED) is 0.564. The normalized spacial score (nSPS) is 31.4. The summed E-state index contributed by atoms with van der Waals surface area (Å²) in [6.07, 6.45) is 1.60. The smallest absolute Gasteiger partial charge is 0.224 e. The number of nitrogens with one attached hydrogen (secondary N) is 1. The predicted molar refractivity (Wildman–Crippen MR) is 69.7 cm³/mol. The molecule has 0 aromatic rings. The average Bonchev–Trinajstić information content (AvgIpc) is 2.32. The minimum atomic E-state index is -0.570. The molecule has 0 aromatic carbocycles. The highest BCUT2D eigenvalue weighted by molar-refractivity contribution is 5.80. The van der Waals surface area contributed by atoms with Gasteiger partial charge >= 0.3 is 0 Å². The summed E-state index contributed by atoms with van der Waals surface area (Å²) in [6, 6.07) is -0.435. The number of nitrogens with two attached hydrogens (primary N) is 1. The third-order valence-corrected chi connectivity index (χ3v) is 4.61. The number of aliphatic hydroxyl groups is 2. The maximum atomic E-state index is 12.2. The van der Waals surface area contributed by atoms with Crippen LogP contribution in [0.1, 0.15) is 33.6 Å². The van der Waals surface area contributed by atoms with Crippen LogP contribution in [-0.4, -0.2) is 41.4 Å². The molecule has 0 spiro atoms. The van der Waals surface area contributed by atoms with E-state index in [0.29, 0.717) is 0 Å². The fourth-order valence-electron chi connectivity index (χ4n) is 2.77. The lowest BCUT2D eigenvalue weighted by atomic mass is 9.61. The van der Waals surface area contributed by atoms with Crippen molar-refractivity contribution in [3.8, 4) is 0 Å². The van der Waals surface area contributed by atoms with Crippen molar-refractivity contribution in [2.75, 3.05) is 13.2 Å². The lowest BCUT2D eigenvalue weighted by molar-refractivity contribution is -0.133. The molecule has 1 saturated carbocycles. The molecule has 0 saturated heterocycles. The summed E-state index contributed by atoms with van der Waals surface area (Å²) in [5, 5.41) is 20.7. The van der Waals surface area contributed by atoms with Gasteiger partial charge in [-0.3, -0.25) is 4.79 Å². The molecule has 3 unspecified atom stereocenters. The molecule has 5 N–H and O–H groups in total. The molecule has 106 valence electrons. The zero-order chi connectivity index (χ0) is 13.9. The first-order valence-corrected chi connectivity index (χ1v) is 6.62. The number of hydrogen-bond donors (Lipinski definition) is 4. The fourth-order valence-corrected chi connectivity index (χ4v) is 2.77. The first-order valence-electron chi connectivity index (χ1n) is 6.62. The third-order valence-electron chi connectivity index (χ3n) is 4.61. The topological polar surface area (TPSA) is 95.6 Å². The Morgan fingerprint density at radius 3 is 2.44 bits per heavy atom. The molecule has 0 aromatic heterocycles. The van der Waals surface area contributed by atoms with E-state index < -0.39 is 6.04 Å². The minimum absolute atomic E-state index is 0.0909.